The number of aliphatic hydroxyl groups excluding tert-OH is 1. The molecule has 1 aromatic heterocycles. The normalized spacial score (nSPS) is 29.4. The summed E-state index contributed by atoms with van der Waals surface area (Å²) in [6, 6.07) is 13.9. The number of carbonyl (C=O) groups excluding carboxylic acids is 1. The van der Waals surface area contributed by atoms with Gasteiger partial charge in [0.05, 0.1) is 12.0 Å². The molecule has 2 saturated carbocycles. The lowest BCUT2D eigenvalue weighted by atomic mass is 9.85. The van der Waals surface area contributed by atoms with Crippen LogP contribution in [-0.4, -0.2) is 45.7 Å². The lowest BCUT2D eigenvalue weighted by molar-refractivity contribution is -0.128. The zero-order valence-electron chi connectivity index (χ0n) is 18.3. The fourth-order valence-corrected chi connectivity index (χ4v) is 6.06. The van der Waals surface area contributed by atoms with E-state index in [0.29, 0.717) is 18.0 Å². The number of hydrogen-bond acceptors (Lipinski definition) is 4. The molecule has 4 atom stereocenters. The number of hydrogen-bond donors (Lipinski definition) is 2. The van der Waals surface area contributed by atoms with Crippen LogP contribution in [0.2, 0.25) is 0 Å². The SMILES string of the molecule is O=C(NC1CCC1)[C@H]1[C@H](CO)[C@H]2Cn3c(ccc(-c4ccccc4)c3=O)[C@@H]1N2CC1CC1. The molecule has 2 aliphatic heterocycles. The number of nitrogens with zero attached hydrogens (tertiary/aromatic N) is 2. The highest BCUT2D eigenvalue weighted by atomic mass is 16.3. The summed E-state index contributed by atoms with van der Waals surface area (Å²) in [6.45, 7) is 1.46. The molecule has 6 rings (SSSR count). The quantitative estimate of drug-likeness (QED) is 0.734. The second-order valence-electron chi connectivity index (χ2n) is 10.1. The molecule has 1 saturated heterocycles. The first-order valence-corrected chi connectivity index (χ1v) is 12.1. The Morgan fingerprint density at radius 3 is 2.50 bits per heavy atom. The molecule has 32 heavy (non-hydrogen) atoms. The second kappa shape index (κ2) is 7.85. The minimum absolute atomic E-state index is 0.00603. The van der Waals surface area contributed by atoms with Gasteiger partial charge in [-0.15, -0.1) is 0 Å². The Kier molecular flexibility index (Phi) is 4.95. The number of carbonyl (C=O) groups is 1. The summed E-state index contributed by atoms with van der Waals surface area (Å²) in [5, 5.41) is 13.6. The Hall–Kier alpha value is -2.44. The molecule has 2 bridgehead atoms. The predicted molar refractivity (Wildman–Crippen MR) is 122 cm³/mol. The number of nitrogens with one attached hydrogen (secondary N) is 1. The van der Waals surface area contributed by atoms with Crippen LogP contribution >= 0.6 is 0 Å². The van der Waals surface area contributed by atoms with Gasteiger partial charge in [0.25, 0.3) is 5.56 Å². The van der Waals surface area contributed by atoms with Crippen molar-refractivity contribution in [2.75, 3.05) is 13.2 Å². The number of aromatic nitrogens is 1. The molecule has 2 aromatic rings. The van der Waals surface area contributed by atoms with E-state index in [4.69, 9.17) is 0 Å². The Balaban J connectivity index is 1.42. The number of fused-ring (bicyclic) bond motifs is 4. The molecule has 6 heteroatoms. The van der Waals surface area contributed by atoms with Gasteiger partial charge < -0.3 is 15.0 Å². The summed E-state index contributed by atoms with van der Waals surface area (Å²) < 4.78 is 1.89. The molecule has 168 valence electrons. The molecule has 4 aliphatic rings. The van der Waals surface area contributed by atoms with Crippen molar-refractivity contribution in [3.05, 3.63) is 58.5 Å². The zero-order valence-corrected chi connectivity index (χ0v) is 18.3. The van der Waals surface area contributed by atoms with Gasteiger partial charge in [-0.25, -0.2) is 0 Å². The van der Waals surface area contributed by atoms with Gasteiger partial charge in [-0.3, -0.25) is 14.5 Å². The Bertz CT molecular complexity index is 1070. The standard InChI is InChI=1S/C26H31N3O3/c30-15-20-22-14-29-21(12-11-19(26(29)32)17-5-2-1-3-6-17)24(28(22)13-16-9-10-16)23(20)25(31)27-18-7-4-8-18/h1-3,5-6,11-12,16,18,20,22-24,30H,4,7-10,13-15H2,(H,27,31)/t20-,22-,23+,24+/m1/s1. The van der Waals surface area contributed by atoms with Crippen LogP contribution in [0.5, 0.6) is 0 Å². The van der Waals surface area contributed by atoms with Crippen LogP contribution in [-0.2, 0) is 11.3 Å². The van der Waals surface area contributed by atoms with Gasteiger partial charge in [-0.1, -0.05) is 30.3 Å². The van der Waals surface area contributed by atoms with Crippen molar-refractivity contribution in [2.24, 2.45) is 17.8 Å². The van der Waals surface area contributed by atoms with Crippen molar-refractivity contribution in [1.82, 2.24) is 14.8 Å². The van der Waals surface area contributed by atoms with Crippen molar-refractivity contribution in [3.63, 3.8) is 0 Å². The summed E-state index contributed by atoms with van der Waals surface area (Å²) in [4.78, 5) is 29.5. The average molecular weight is 434 g/mol. The molecule has 2 aliphatic carbocycles. The minimum atomic E-state index is -0.319. The maximum absolute atomic E-state index is 13.6. The molecule has 0 radical (unpaired) electrons. The molecular weight excluding hydrogens is 402 g/mol. The van der Waals surface area contributed by atoms with E-state index in [2.05, 4.69) is 10.2 Å². The molecule has 1 aromatic carbocycles. The van der Waals surface area contributed by atoms with Crippen LogP contribution < -0.4 is 10.9 Å². The summed E-state index contributed by atoms with van der Waals surface area (Å²) in [7, 11) is 0. The number of rotatable bonds is 6. The Morgan fingerprint density at radius 2 is 1.84 bits per heavy atom. The maximum Gasteiger partial charge on any atom is 0.258 e. The Labute approximate surface area is 188 Å². The summed E-state index contributed by atoms with van der Waals surface area (Å²) in [5.74, 6) is 0.253. The monoisotopic (exact) mass is 433 g/mol. The van der Waals surface area contributed by atoms with Crippen molar-refractivity contribution in [3.8, 4) is 11.1 Å². The Morgan fingerprint density at radius 1 is 1.06 bits per heavy atom. The first-order valence-electron chi connectivity index (χ1n) is 12.1. The molecule has 1 amide bonds. The van der Waals surface area contributed by atoms with Gasteiger partial charge in [0.15, 0.2) is 0 Å². The van der Waals surface area contributed by atoms with Gasteiger partial charge in [-0.05, 0) is 55.7 Å². The van der Waals surface area contributed by atoms with E-state index >= 15 is 0 Å². The fraction of sp³-hybridized carbons (Fsp3) is 0.538. The number of amides is 1. The first-order chi connectivity index (χ1) is 15.7. The second-order valence-corrected chi connectivity index (χ2v) is 10.1. The van der Waals surface area contributed by atoms with Gasteiger partial charge >= 0.3 is 0 Å². The van der Waals surface area contributed by atoms with Crippen LogP contribution in [0.15, 0.2) is 47.3 Å². The third kappa shape index (κ3) is 3.23. The highest BCUT2D eigenvalue weighted by Crippen LogP contribution is 2.50. The van der Waals surface area contributed by atoms with Crippen LogP contribution in [0.1, 0.15) is 43.8 Å². The van der Waals surface area contributed by atoms with E-state index in [0.717, 1.165) is 30.6 Å². The highest BCUT2D eigenvalue weighted by Gasteiger charge is 2.56. The average Bonchev–Trinajstić information content (AvgIpc) is 3.56. The molecule has 6 nitrogen and oxygen atoms in total. The van der Waals surface area contributed by atoms with Crippen LogP contribution in [0, 0.1) is 17.8 Å². The molecular formula is C26H31N3O3. The van der Waals surface area contributed by atoms with Crippen molar-refractivity contribution < 1.29 is 9.90 Å². The molecule has 0 spiro atoms. The lowest BCUT2D eigenvalue weighted by Gasteiger charge is -2.38. The van der Waals surface area contributed by atoms with E-state index in [1.807, 2.05) is 47.0 Å². The maximum atomic E-state index is 13.6. The van der Waals surface area contributed by atoms with E-state index in [1.165, 1.54) is 19.3 Å². The van der Waals surface area contributed by atoms with Gasteiger partial charge in [0, 0.05) is 49.0 Å². The van der Waals surface area contributed by atoms with Crippen molar-refractivity contribution in [2.45, 2.75) is 56.8 Å². The molecule has 3 heterocycles. The smallest absolute Gasteiger partial charge is 0.258 e. The van der Waals surface area contributed by atoms with E-state index in [9.17, 15) is 14.7 Å². The molecule has 0 unspecified atom stereocenters. The number of aliphatic hydroxyl groups is 1. The van der Waals surface area contributed by atoms with Crippen LogP contribution in [0.4, 0.5) is 0 Å². The van der Waals surface area contributed by atoms with Crippen LogP contribution in [0.25, 0.3) is 11.1 Å². The van der Waals surface area contributed by atoms with E-state index in [1.54, 1.807) is 0 Å². The summed E-state index contributed by atoms with van der Waals surface area (Å²) in [6.07, 6.45) is 5.72. The van der Waals surface area contributed by atoms with Crippen molar-refractivity contribution >= 4 is 5.91 Å². The third-order valence-electron chi connectivity index (χ3n) is 8.18. The highest BCUT2D eigenvalue weighted by molar-refractivity contribution is 5.81. The molecule has 2 N–H and O–H groups in total. The van der Waals surface area contributed by atoms with Gasteiger partial charge in [0.2, 0.25) is 5.91 Å². The number of benzene rings is 1. The molecule has 3 fully saturated rings. The fourth-order valence-electron chi connectivity index (χ4n) is 6.06. The summed E-state index contributed by atoms with van der Waals surface area (Å²) >= 11 is 0. The minimum Gasteiger partial charge on any atom is -0.396 e. The number of pyridine rings is 1. The first kappa shape index (κ1) is 20.2. The lowest BCUT2D eigenvalue weighted by Crippen LogP contribution is -2.47. The van der Waals surface area contributed by atoms with Crippen molar-refractivity contribution in [1.29, 1.82) is 0 Å². The van der Waals surface area contributed by atoms with Gasteiger partial charge in [0.1, 0.15) is 0 Å². The largest absolute Gasteiger partial charge is 0.396 e. The topological polar surface area (TPSA) is 74.6 Å². The third-order valence-corrected chi connectivity index (χ3v) is 8.18. The summed E-state index contributed by atoms with van der Waals surface area (Å²) in [5.41, 5.74) is 2.54. The predicted octanol–water partition coefficient (Wildman–Crippen LogP) is 2.56. The van der Waals surface area contributed by atoms with Crippen LogP contribution in [0.3, 0.4) is 0 Å². The van der Waals surface area contributed by atoms with E-state index < -0.39 is 0 Å². The van der Waals surface area contributed by atoms with Gasteiger partial charge in [-0.2, -0.15) is 0 Å². The zero-order chi connectivity index (χ0) is 21.8. The van der Waals surface area contributed by atoms with E-state index in [-0.39, 0.29) is 48.0 Å².